The fourth-order valence-electron chi connectivity index (χ4n) is 2.36. The van der Waals surface area contributed by atoms with E-state index in [0.717, 1.165) is 50.9 Å². The molecule has 0 atom stereocenters. The van der Waals surface area contributed by atoms with Crippen molar-refractivity contribution in [3.63, 3.8) is 0 Å². The van der Waals surface area contributed by atoms with Crippen molar-refractivity contribution in [1.82, 2.24) is 10.3 Å². The molecule has 1 aromatic rings. The Kier molecular flexibility index (Phi) is 5.41. The highest BCUT2D eigenvalue weighted by molar-refractivity contribution is 7.15. The van der Waals surface area contributed by atoms with Gasteiger partial charge in [0.15, 0.2) is 5.13 Å². The zero-order chi connectivity index (χ0) is 14.6. The number of rotatable bonds is 4. The van der Waals surface area contributed by atoms with Crippen LogP contribution >= 0.6 is 11.3 Å². The van der Waals surface area contributed by atoms with Gasteiger partial charge in [0.05, 0.1) is 12.3 Å². The van der Waals surface area contributed by atoms with Gasteiger partial charge in [-0.25, -0.2) is 4.98 Å². The Bertz CT molecular complexity index is 417. The molecule has 1 N–H and O–H groups in total. The quantitative estimate of drug-likeness (QED) is 0.927. The number of nitrogens with zero attached hydrogens (tertiary/aromatic N) is 2. The van der Waals surface area contributed by atoms with Crippen molar-refractivity contribution >= 4 is 16.5 Å². The van der Waals surface area contributed by atoms with Gasteiger partial charge in [0.2, 0.25) is 0 Å². The maximum absolute atomic E-state index is 5.54. The van der Waals surface area contributed by atoms with E-state index in [0.29, 0.717) is 0 Å². The molecule has 0 unspecified atom stereocenters. The molecule has 4 nitrogen and oxygen atoms in total. The van der Waals surface area contributed by atoms with Gasteiger partial charge >= 0.3 is 0 Å². The number of nitrogens with one attached hydrogen (secondary N) is 1. The Morgan fingerprint density at radius 2 is 2.10 bits per heavy atom. The van der Waals surface area contributed by atoms with Gasteiger partial charge in [-0.3, -0.25) is 0 Å². The normalized spacial score (nSPS) is 17.3. The van der Waals surface area contributed by atoms with Crippen molar-refractivity contribution < 1.29 is 4.74 Å². The van der Waals surface area contributed by atoms with Gasteiger partial charge in [0, 0.05) is 36.5 Å². The van der Waals surface area contributed by atoms with Crippen molar-refractivity contribution in [2.75, 3.05) is 37.7 Å². The second-order valence-electron chi connectivity index (χ2n) is 6.25. The summed E-state index contributed by atoms with van der Waals surface area (Å²) in [6.07, 6.45) is 1.09. The van der Waals surface area contributed by atoms with E-state index in [4.69, 9.17) is 9.72 Å². The molecule has 2 heterocycles. The minimum Gasteiger partial charge on any atom is -0.380 e. The summed E-state index contributed by atoms with van der Waals surface area (Å²) in [6, 6.07) is 0. The number of anilines is 1. The summed E-state index contributed by atoms with van der Waals surface area (Å²) in [5, 5.41) is 4.59. The highest BCUT2D eigenvalue weighted by Gasteiger charge is 2.25. The van der Waals surface area contributed by atoms with Crippen molar-refractivity contribution in [2.24, 2.45) is 0 Å². The average Bonchev–Trinajstić information content (AvgIpc) is 2.64. The first-order valence-electron chi connectivity index (χ1n) is 7.56. The Hall–Kier alpha value is -0.650. The third kappa shape index (κ3) is 3.93. The van der Waals surface area contributed by atoms with Crippen LogP contribution < -0.4 is 10.2 Å². The van der Waals surface area contributed by atoms with E-state index in [1.54, 1.807) is 0 Å². The van der Waals surface area contributed by atoms with E-state index in [1.807, 2.05) is 11.3 Å². The van der Waals surface area contributed by atoms with E-state index in [1.165, 1.54) is 10.6 Å². The van der Waals surface area contributed by atoms with Crippen LogP contribution in [0.1, 0.15) is 44.7 Å². The molecular formula is C15H27N3OS. The van der Waals surface area contributed by atoms with Crippen LogP contribution in [0.5, 0.6) is 0 Å². The summed E-state index contributed by atoms with van der Waals surface area (Å²) >= 11 is 1.84. The lowest BCUT2D eigenvalue weighted by Crippen LogP contribution is -2.26. The van der Waals surface area contributed by atoms with Crippen LogP contribution in [0.25, 0.3) is 0 Å². The first-order valence-corrected chi connectivity index (χ1v) is 8.37. The summed E-state index contributed by atoms with van der Waals surface area (Å²) < 4.78 is 5.54. The molecule has 0 bridgehead atoms. The molecule has 0 aromatic carbocycles. The molecule has 1 fully saturated rings. The van der Waals surface area contributed by atoms with Crippen LogP contribution in [0.4, 0.5) is 5.13 Å². The number of hydrogen-bond donors (Lipinski definition) is 1. The second kappa shape index (κ2) is 6.87. The summed E-state index contributed by atoms with van der Waals surface area (Å²) in [6.45, 7) is 14.5. The highest BCUT2D eigenvalue weighted by Crippen LogP contribution is 2.34. The zero-order valence-corrected chi connectivity index (χ0v) is 14.0. The molecule has 1 saturated heterocycles. The standard InChI is InChI=1S/C15H27N3OS/c1-5-16-11-12-13(15(2,3)4)17-14(20-12)18-7-6-9-19-10-8-18/h16H,5-11H2,1-4H3. The van der Waals surface area contributed by atoms with E-state index in [2.05, 4.69) is 37.9 Å². The van der Waals surface area contributed by atoms with Gasteiger partial charge in [-0.2, -0.15) is 0 Å². The number of hydrogen-bond acceptors (Lipinski definition) is 5. The van der Waals surface area contributed by atoms with Gasteiger partial charge in [-0.05, 0) is 13.0 Å². The van der Waals surface area contributed by atoms with E-state index in [9.17, 15) is 0 Å². The second-order valence-corrected chi connectivity index (χ2v) is 7.31. The number of ether oxygens (including phenoxy) is 1. The molecule has 20 heavy (non-hydrogen) atoms. The van der Waals surface area contributed by atoms with Crippen LogP contribution in [0.2, 0.25) is 0 Å². The fraction of sp³-hybridized carbons (Fsp3) is 0.800. The summed E-state index contributed by atoms with van der Waals surface area (Å²) in [4.78, 5) is 8.70. The molecule has 5 heteroatoms. The van der Waals surface area contributed by atoms with Crippen LogP contribution in [-0.2, 0) is 16.7 Å². The lowest BCUT2D eigenvalue weighted by atomic mass is 9.91. The molecule has 0 spiro atoms. The van der Waals surface area contributed by atoms with Gasteiger partial charge < -0.3 is 15.0 Å². The molecule has 0 saturated carbocycles. The number of thiazole rings is 1. The summed E-state index contributed by atoms with van der Waals surface area (Å²) in [5.74, 6) is 0. The Morgan fingerprint density at radius 3 is 2.80 bits per heavy atom. The van der Waals surface area contributed by atoms with Gasteiger partial charge in [0.1, 0.15) is 0 Å². The zero-order valence-electron chi connectivity index (χ0n) is 13.2. The van der Waals surface area contributed by atoms with Gasteiger partial charge in [0.25, 0.3) is 0 Å². The monoisotopic (exact) mass is 297 g/mol. The fourth-order valence-corrected chi connectivity index (χ4v) is 3.65. The molecule has 1 aromatic heterocycles. The topological polar surface area (TPSA) is 37.4 Å². The van der Waals surface area contributed by atoms with Gasteiger partial charge in [-0.15, -0.1) is 11.3 Å². The Morgan fingerprint density at radius 1 is 1.30 bits per heavy atom. The van der Waals surface area contributed by atoms with E-state index >= 15 is 0 Å². The van der Waals surface area contributed by atoms with Crippen molar-refractivity contribution in [3.8, 4) is 0 Å². The lowest BCUT2D eigenvalue weighted by molar-refractivity contribution is 0.152. The minimum absolute atomic E-state index is 0.0991. The van der Waals surface area contributed by atoms with Crippen molar-refractivity contribution in [3.05, 3.63) is 10.6 Å². The van der Waals surface area contributed by atoms with Crippen LogP contribution in [0, 0.1) is 0 Å². The first kappa shape index (κ1) is 15.7. The highest BCUT2D eigenvalue weighted by atomic mass is 32.1. The maximum Gasteiger partial charge on any atom is 0.185 e. The smallest absolute Gasteiger partial charge is 0.185 e. The van der Waals surface area contributed by atoms with E-state index < -0.39 is 0 Å². The minimum atomic E-state index is 0.0991. The van der Waals surface area contributed by atoms with Crippen LogP contribution in [0.3, 0.4) is 0 Å². The van der Waals surface area contributed by atoms with Gasteiger partial charge in [-0.1, -0.05) is 27.7 Å². The predicted octanol–water partition coefficient (Wildman–Crippen LogP) is 2.78. The molecule has 0 amide bonds. The summed E-state index contributed by atoms with van der Waals surface area (Å²) in [5.41, 5.74) is 1.34. The number of aromatic nitrogens is 1. The van der Waals surface area contributed by atoms with Crippen LogP contribution in [0.15, 0.2) is 0 Å². The molecular weight excluding hydrogens is 270 g/mol. The maximum atomic E-state index is 5.54. The molecule has 0 aliphatic carbocycles. The molecule has 1 aliphatic heterocycles. The Balaban J connectivity index is 2.22. The molecule has 0 radical (unpaired) electrons. The first-order chi connectivity index (χ1) is 9.52. The SMILES string of the molecule is CCNCc1sc(N2CCCOCC2)nc1C(C)(C)C. The summed E-state index contributed by atoms with van der Waals surface area (Å²) in [7, 11) is 0. The third-order valence-corrected chi connectivity index (χ3v) is 4.54. The van der Waals surface area contributed by atoms with E-state index in [-0.39, 0.29) is 5.41 Å². The molecule has 2 rings (SSSR count). The van der Waals surface area contributed by atoms with Crippen molar-refractivity contribution in [1.29, 1.82) is 0 Å². The Labute approximate surface area is 126 Å². The predicted molar refractivity (Wildman–Crippen MR) is 85.8 cm³/mol. The van der Waals surface area contributed by atoms with Crippen LogP contribution in [-0.4, -0.2) is 37.8 Å². The molecule has 1 aliphatic rings. The largest absolute Gasteiger partial charge is 0.380 e. The molecule has 114 valence electrons. The average molecular weight is 297 g/mol. The lowest BCUT2D eigenvalue weighted by Gasteiger charge is -2.19. The van der Waals surface area contributed by atoms with Crippen molar-refractivity contribution in [2.45, 2.75) is 46.1 Å². The third-order valence-electron chi connectivity index (χ3n) is 3.42.